The molecule has 8 heteroatoms. The van der Waals surface area contributed by atoms with E-state index in [0.29, 0.717) is 23.6 Å². The summed E-state index contributed by atoms with van der Waals surface area (Å²) in [5.41, 5.74) is 0.456. The van der Waals surface area contributed by atoms with Crippen LogP contribution in [0.25, 0.3) is 0 Å². The summed E-state index contributed by atoms with van der Waals surface area (Å²) < 4.78 is 35.7. The lowest BCUT2D eigenvalue weighted by molar-refractivity contribution is -0.121. The minimum atomic E-state index is -3.49. The molecule has 0 radical (unpaired) electrons. The number of anilines is 1. The van der Waals surface area contributed by atoms with E-state index in [2.05, 4.69) is 5.32 Å². The summed E-state index contributed by atoms with van der Waals surface area (Å²) in [6.07, 6.45) is 3.33. The van der Waals surface area contributed by atoms with E-state index >= 15 is 0 Å². The van der Waals surface area contributed by atoms with Gasteiger partial charge in [-0.3, -0.25) is 9.10 Å². The second-order valence-corrected chi connectivity index (χ2v) is 7.23. The van der Waals surface area contributed by atoms with Crippen LogP contribution in [0, 0.1) is 0 Å². The van der Waals surface area contributed by atoms with Gasteiger partial charge in [0.25, 0.3) is 0 Å². The number of rotatable bonds is 10. The summed E-state index contributed by atoms with van der Waals surface area (Å²) in [4.78, 5) is 11.6. The molecule has 0 aliphatic carbocycles. The number of nitrogens with zero attached hydrogens (tertiary/aromatic N) is 1. The van der Waals surface area contributed by atoms with Crippen molar-refractivity contribution in [2.45, 2.75) is 26.2 Å². The van der Waals surface area contributed by atoms with Crippen molar-refractivity contribution in [1.29, 1.82) is 0 Å². The maximum Gasteiger partial charge on any atom is 0.232 e. The fourth-order valence-electron chi connectivity index (χ4n) is 2.19. The Morgan fingerprint density at radius 1 is 1.21 bits per heavy atom. The van der Waals surface area contributed by atoms with E-state index in [9.17, 15) is 13.2 Å². The van der Waals surface area contributed by atoms with E-state index in [4.69, 9.17) is 9.47 Å². The number of hydrogen-bond donors (Lipinski definition) is 1. The Balaban J connectivity index is 2.86. The highest BCUT2D eigenvalue weighted by Crippen LogP contribution is 2.32. The van der Waals surface area contributed by atoms with Crippen molar-refractivity contribution in [3.05, 3.63) is 18.2 Å². The molecule has 0 atom stereocenters. The molecular weight excluding hydrogens is 332 g/mol. The van der Waals surface area contributed by atoms with Crippen molar-refractivity contribution < 1.29 is 22.7 Å². The number of amides is 1. The molecule has 0 unspecified atom stereocenters. The molecule has 24 heavy (non-hydrogen) atoms. The lowest BCUT2D eigenvalue weighted by atomic mass is 10.2. The number of carbonyl (C=O) groups excluding carboxylic acids is 1. The topological polar surface area (TPSA) is 84.9 Å². The van der Waals surface area contributed by atoms with E-state index in [-0.39, 0.29) is 19.0 Å². The van der Waals surface area contributed by atoms with Crippen LogP contribution in [-0.4, -0.2) is 47.9 Å². The van der Waals surface area contributed by atoms with Gasteiger partial charge in [-0.25, -0.2) is 8.42 Å². The number of carbonyl (C=O) groups is 1. The quantitative estimate of drug-likeness (QED) is 0.689. The van der Waals surface area contributed by atoms with E-state index in [1.807, 2.05) is 6.92 Å². The minimum absolute atomic E-state index is 0.0717. The van der Waals surface area contributed by atoms with Gasteiger partial charge in [0, 0.05) is 19.0 Å². The van der Waals surface area contributed by atoms with Crippen LogP contribution >= 0.6 is 0 Å². The predicted octanol–water partition coefficient (Wildman–Crippen LogP) is 1.78. The number of ether oxygens (including phenoxy) is 2. The van der Waals surface area contributed by atoms with Gasteiger partial charge < -0.3 is 14.8 Å². The number of nitrogens with one attached hydrogen (secondary N) is 1. The number of unbranched alkanes of at least 4 members (excludes halogenated alkanes) is 1. The van der Waals surface area contributed by atoms with Crippen LogP contribution in [0.15, 0.2) is 18.2 Å². The Morgan fingerprint density at radius 2 is 1.88 bits per heavy atom. The summed E-state index contributed by atoms with van der Waals surface area (Å²) >= 11 is 0. The molecule has 0 spiro atoms. The van der Waals surface area contributed by atoms with Gasteiger partial charge in [0.05, 0.1) is 32.7 Å². The summed E-state index contributed by atoms with van der Waals surface area (Å²) in [6, 6.07) is 4.88. The Kier molecular flexibility index (Phi) is 7.84. The van der Waals surface area contributed by atoms with Crippen LogP contribution in [0.2, 0.25) is 0 Å². The number of hydrogen-bond acceptors (Lipinski definition) is 5. The fraction of sp³-hybridized carbons (Fsp3) is 0.562. The summed E-state index contributed by atoms with van der Waals surface area (Å²) in [5, 5.41) is 2.74. The first kappa shape index (κ1) is 20.1. The van der Waals surface area contributed by atoms with Crippen LogP contribution in [0.5, 0.6) is 11.5 Å². The minimum Gasteiger partial charge on any atom is -0.493 e. The van der Waals surface area contributed by atoms with Gasteiger partial charge in [-0.15, -0.1) is 0 Å². The van der Waals surface area contributed by atoms with Crippen molar-refractivity contribution in [3.8, 4) is 11.5 Å². The van der Waals surface area contributed by atoms with E-state index < -0.39 is 10.0 Å². The molecule has 0 saturated heterocycles. The van der Waals surface area contributed by atoms with Gasteiger partial charge in [0.2, 0.25) is 15.9 Å². The molecule has 1 aromatic rings. The van der Waals surface area contributed by atoms with Crippen molar-refractivity contribution in [3.63, 3.8) is 0 Å². The van der Waals surface area contributed by atoms with Crippen LogP contribution < -0.4 is 19.1 Å². The van der Waals surface area contributed by atoms with E-state index in [1.165, 1.54) is 18.5 Å². The Bertz CT molecular complexity index is 646. The fourth-order valence-corrected chi connectivity index (χ4v) is 3.11. The summed E-state index contributed by atoms with van der Waals surface area (Å²) in [6.45, 7) is 2.39. The van der Waals surface area contributed by atoms with Crippen molar-refractivity contribution in [2.24, 2.45) is 0 Å². The summed E-state index contributed by atoms with van der Waals surface area (Å²) in [5.74, 6) is 0.885. The zero-order valence-electron chi connectivity index (χ0n) is 14.7. The molecule has 0 aromatic heterocycles. The maximum absolute atomic E-state index is 12.1. The molecule has 0 fully saturated rings. The first-order chi connectivity index (χ1) is 11.3. The Labute approximate surface area is 144 Å². The van der Waals surface area contributed by atoms with Crippen LogP contribution in [0.1, 0.15) is 26.2 Å². The second kappa shape index (κ2) is 9.36. The Morgan fingerprint density at radius 3 is 2.42 bits per heavy atom. The monoisotopic (exact) mass is 358 g/mol. The SMILES string of the molecule is CCCCC(=O)NCCN(c1ccc(OC)c(OC)c1)S(C)(=O)=O. The van der Waals surface area contributed by atoms with Crippen molar-refractivity contribution in [1.82, 2.24) is 5.32 Å². The third-order valence-corrected chi connectivity index (χ3v) is 4.64. The van der Waals surface area contributed by atoms with Gasteiger partial charge in [-0.1, -0.05) is 13.3 Å². The second-order valence-electron chi connectivity index (χ2n) is 5.33. The van der Waals surface area contributed by atoms with E-state index in [1.54, 1.807) is 18.2 Å². The van der Waals surface area contributed by atoms with Gasteiger partial charge in [0.1, 0.15) is 0 Å². The normalized spacial score (nSPS) is 11.0. The molecular formula is C16H26N2O5S. The van der Waals surface area contributed by atoms with Gasteiger partial charge in [-0.05, 0) is 18.6 Å². The van der Waals surface area contributed by atoms with Gasteiger partial charge in [-0.2, -0.15) is 0 Å². The smallest absolute Gasteiger partial charge is 0.232 e. The van der Waals surface area contributed by atoms with Crippen LogP contribution in [-0.2, 0) is 14.8 Å². The molecule has 1 N–H and O–H groups in total. The molecule has 0 heterocycles. The van der Waals surface area contributed by atoms with Crippen molar-refractivity contribution in [2.75, 3.05) is 37.9 Å². The molecule has 0 bridgehead atoms. The number of sulfonamides is 1. The summed E-state index contributed by atoms with van der Waals surface area (Å²) in [7, 11) is -0.494. The molecule has 0 aliphatic heterocycles. The van der Waals surface area contributed by atoms with Gasteiger partial charge >= 0.3 is 0 Å². The van der Waals surface area contributed by atoms with Crippen LogP contribution in [0.3, 0.4) is 0 Å². The maximum atomic E-state index is 12.1. The third-order valence-electron chi connectivity index (χ3n) is 3.45. The first-order valence-corrected chi connectivity index (χ1v) is 9.64. The molecule has 7 nitrogen and oxygen atoms in total. The number of benzene rings is 1. The molecule has 1 amide bonds. The largest absolute Gasteiger partial charge is 0.493 e. The average Bonchev–Trinajstić information content (AvgIpc) is 2.55. The number of methoxy groups -OCH3 is 2. The van der Waals surface area contributed by atoms with E-state index in [0.717, 1.165) is 19.1 Å². The zero-order chi connectivity index (χ0) is 18.2. The first-order valence-electron chi connectivity index (χ1n) is 7.80. The molecule has 1 rings (SSSR count). The third kappa shape index (κ3) is 5.92. The Hall–Kier alpha value is -1.96. The lowest BCUT2D eigenvalue weighted by Crippen LogP contribution is -2.38. The predicted molar refractivity (Wildman–Crippen MR) is 94.3 cm³/mol. The van der Waals surface area contributed by atoms with Gasteiger partial charge in [0.15, 0.2) is 11.5 Å². The highest BCUT2D eigenvalue weighted by molar-refractivity contribution is 7.92. The van der Waals surface area contributed by atoms with Crippen molar-refractivity contribution >= 4 is 21.6 Å². The molecule has 0 aliphatic rings. The highest BCUT2D eigenvalue weighted by atomic mass is 32.2. The molecule has 1 aromatic carbocycles. The zero-order valence-corrected chi connectivity index (χ0v) is 15.5. The molecule has 136 valence electrons. The lowest BCUT2D eigenvalue weighted by Gasteiger charge is -2.23. The van der Waals surface area contributed by atoms with Crippen LogP contribution in [0.4, 0.5) is 5.69 Å². The standard InChI is InChI=1S/C16H26N2O5S/c1-5-6-7-16(19)17-10-11-18(24(4,20)21)13-8-9-14(22-2)15(12-13)23-3/h8-9,12H,5-7,10-11H2,1-4H3,(H,17,19). The highest BCUT2D eigenvalue weighted by Gasteiger charge is 2.19. The average molecular weight is 358 g/mol. The molecule has 0 saturated carbocycles.